The van der Waals surface area contributed by atoms with Gasteiger partial charge in [-0.05, 0) is 18.2 Å². The van der Waals surface area contributed by atoms with Crippen molar-refractivity contribution < 1.29 is 24.2 Å². The average Bonchev–Trinajstić information content (AvgIpc) is 2.48. The Morgan fingerprint density at radius 3 is 3.00 bits per heavy atom. The molecule has 1 aromatic carbocycles. The molecule has 0 bridgehead atoms. The van der Waals surface area contributed by atoms with Crippen molar-refractivity contribution in [2.75, 3.05) is 32.9 Å². The standard InChI is InChI=1S/C14H18N2O5/c15-13(17)12-9-20-6-4-16(12)5-7-21-11-3-1-2-10(8-11)14(18)19/h1-3,8,12H,4-7,9H2,(H2,15,17)(H,18,19). The number of carboxylic acids is 1. The van der Waals surface area contributed by atoms with Crippen LogP contribution in [0.25, 0.3) is 0 Å². The zero-order chi connectivity index (χ0) is 15.2. The van der Waals surface area contributed by atoms with E-state index in [1.807, 2.05) is 4.90 Å². The van der Waals surface area contributed by atoms with E-state index >= 15 is 0 Å². The van der Waals surface area contributed by atoms with Crippen LogP contribution in [0.3, 0.4) is 0 Å². The molecule has 0 spiro atoms. The van der Waals surface area contributed by atoms with Crippen LogP contribution in [0.4, 0.5) is 0 Å². The largest absolute Gasteiger partial charge is 0.492 e. The molecule has 21 heavy (non-hydrogen) atoms. The summed E-state index contributed by atoms with van der Waals surface area (Å²) in [5, 5.41) is 8.91. The third-order valence-corrected chi connectivity index (χ3v) is 3.30. The molecule has 2 rings (SSSR count). The molecule has 0 aliphatic carbocycles. The highest BCUT2D eigenvalue weighted by Crippen LogP contribution is 2.14. The first-order valence-corrected chi connectivity index (χ1v) is 6.65. The van der Waals surface area contributed by atoms with Gasteiger partial charge in [0, 0.05) is 13.1 Å². The molecule has 1 unspecified atom stereocenters. The van der Waals surface area contributed by atoms with Crippen molar-refractivity contribution in [3.05, 3.63) is 29.8 Å². The number of nitrogens with two attached hydrogens (primary N) is 1. The lowest BCUT2D eigenvalue weighted by Gasteiger charge is -2.33. The van der Waals surface area contributed by atoms with E-state index < -0.39 is 17.9 Å². The van der Waals surface area contributed by atoms with Gasteiger partial charge >= 0.3 is 5.97 Å². The SMILES string of the molecule is NC(=O)C1COCCN1CCOc1cccc(C(=O)O)c1. The predicted molar refractivity (Wildman–Crippen MR) is 74.3 cm³/mol. The third-order valence-electron chi connectivity index (χ3n) is 3.30. The molecule has 1 aliphatic heterocycles. The molecule has 1 aliphatic rings. The third kappa shape index (κ3) is 4.17. The van der Waals surface area contributed by atoms with Gasteiger partial charge in [0.05, 0.1) is 18.8 Å². The second-order valence-corrected chi connectivity index (χ2v) is 4.71. The summed E-state index contributed by atoms with van der Waals surface area (Å²) in [6.07, 6.45) is 0. The van der Waals surface area contributed by atoms with Gasteiger partial charge in [0.15, 0.2) is 0 Å². The summed E-state index contributed by atoms with van der Waals surface area (Å²) in [5.74, 6) is -0.927. The van der Waals surface area contributed by atoms with Crippen molar-refractivity contribution in [1.82, 2.24) is 4.90 Å². The second kappa shape index (κ2) is 7.05. The van der Waals surface area contributed by atoms with Crippen molar-refractivity contribution in [1.29, 1.82) is 0 Å². The van der Waals surface area contributed by atoms with Gasteiger partial charge in [0.25, 0.3) is 0 Å². The van der Waals surface area contributed by atoms with E-state index in [1.165, 1.54) is 12.1 Å². The first-order valence-electron chi connectivity index (χ1n) is 6.65. The molecule has 0 radical (unpaired) electrons. The lowest BCUT2D eigenvalue weighted by molar-refractivity contribution is -0.129. The number of rotatable bonds is 6. The predicted octanol–water partition coefficient (Wildman–Crippen LogP) is -0.0503. The number of nitrogens with zero attached hydrogens (tertiary/aromatic N) is 1. The van der Waals surface area contributed by atoms with Gasteiger partial charge in [-0.2, -0.15) is 0 Å². The molecule has 1 atom stereocenters. The fraction of sp³-hybridized carbons (Fsp3) is 0.429. The number of carbonyl (C=O) groups excluding carboxylic acids is 1. The van der Waals surface area contributed by atoms with E-state index in [0.717, 1.165) is 0 Å². The molecule has 7 nitrogen and oxygen atoms in total. The number of primary amides is 1. The van der Waals surface area contributed by atoms with Crippen LogP contribution in [0.15, 0.2) is 24.3 Å². The summed E-state index contributed by atoms with van der Waals surface area (Å²) < 4.78 is 10.8. The summed E-state index contributed by atoms with van der Waals surface area (Å²) in [5.41, 5.74) is 5.50. The Balaban J connectivity index is 1.87. The highest BCUT2D eigenvalue weighted by molar-refractivity contribution is 5.88. The molecule has 1 aromatic rings. The minimum atomic E-state index is -0.998. The van der Waals surface area contributed by atoms with Crippen molar-refractivity contribution in [2.24, 2.45) is 5.73 Å². The monoisotopic (exact) mass is 294 g/mol. The zero-order valence-electron chi connectivity index (χ0n) is 11.5. The molecule has 0 saturated carbocycles. The normalized spacial score (nSPS) is 19.1. The molecular weight excluding hydrogens is 276 g/mol. The van der Waals surface area contributed by atoms with Gasteiger partial charge in [-0.25, -0.2) is 4.79 Å². The Bertz CT molecular complexity index is 520. The summed E-state index contributed by atoms with van der Waals surface area (Å²) in [7, 11) is 0. The van der Waals surface area contributed by atoms with Crippen LogP contribution in [0.5, 0.6) is 5.75 Å². The number of carbonyl (C=O) groups is 2. The first kappa shape index (κ1) is 15.3. The molecule has 1 heterocycles. The minimum Gasteiger partial charge on any atom is -0.492 e. The van der Waals surface area contributed by atoms with Crippen LogP contribution in [0.2, 0.25) is 0 Å². The Hall–Kier alpha value is -2.12. The maximum atomic E-state index is 11.3. The van der Waals surface area contributed by atoms with Crippen LogP contribution >= 0.6 is 0 Å². The van der Waals surface area contributed by atoms with E-state index in [-0.39, 0.29) is 5.56 Å². The fourth-order valence-corrected chi connectivity index (χ4v) is 2.17. The second-order valence-electron chi connectivity index (χ2n) is 4.71. The maximum absolute atomic E-state index is 11.3. The quantitative estimate of drug-likeness (QED) is 0.762. The summed E-state index contributed by atoms with van der Waals surface area (Å²) in [6, 6.07) is 5.84. The van der Waals surface area contributed by atoms with Crippen LogP contribution in [-0.2, 0) is 9.53 Å². The van der Waals surface area contributed by atoms with Crippen molar-refractivity contribution in [3.63, 3.8) is 0 Å². The van der Waals surface area contributed by atoms with Gasteiger partial charge < -0.3 is 20.3 Å². The first-order chi connectivity index (χ1) is 10.1. The molecule has 3 N–H and O–H groups in total. The van der Waals surface area contributed by atoms with E-state index in [4.69, 9.17) is 20.3 Å². The smallest absolute Gasteiger partial charge is 0.335 e. The van der Waals surface area contributed by atoms with Gasteiger partial charge in [-0.1, -0.05) is 6.07 Å². The molecule has 1 fully saturated rings. The Morgan fingerprint density at radius 2 is 2.29 bits per heavy atom. The Morgan fingerprint density at radius 1 is 1.48 bits per heavy atom. The van der Waals surface area contributed by atoms with Gasteiger partial charge in [-0.3, -0.25) is 9.69 Å². The van der Waals surface area contributed by atoms with Crippen LogP contribution in [0, 0.1) is 0 Å². The number of amides is 1. The molecule has 1 saturated heterocycles. The minimum absolute atomic E-state index is 0.175. The maximum Gasteiger partial charge on any atom is 0.335 e. The molecule has 7 heteroatoms. The van der Waals surface area contributed by atoms with Gasteiger partial charge in [-0.15, -0.1) is 0 Å². The van der Waals surface area contributed by atoms with E-state index in [1.54, 1.807) is 12.1 Å². The topological polar surface area (TPSA) is 102 Å². The highest BCUT2D eigenvalue weighted by atomic mass is 16.5. The average molecular weight is 294 g/mol. The van der Waals surface area contributed by atoms with Gasteiger partial charge in [0.1, 0.15) is 18.4 Å². The number of morpholine rings is 1. The highest BCUT2D eigenvalue weighted by Gasteiger charge is 2.27. The molecule has 1 amide bonds. The number of carboxylic acid groups (broad SMARTS) is 1. The van der Waals surface area contributed by atoms with Crippen LogP contribution in [0.1, 0.15) is 10.4 Å². The van der Waals surface area contributed by atoms with Crippen LogP contribution < -0.4 is 10.5 Å². The van der Waals surface area contributed by atoms with Gasteiger partial charge in [0.2, 0.25) is 5.91 Å². The number of hydrogen-bond acceptors (Lipinski definition) is 5. The zero-order valence-corrected chi connectivity index (χ0v) is 11.5. The summed E-state index contributed by atoms with van der Waals surface area (Å²) in [4.78, 5) is 24.1. The molecular formula is C14H18N2O5. The van der Waals surface area contributed by atoms with E-state index in [0.29, 0.717) is 38.7 Å². The fourth-order valence-electron chi connectivity index (χ4n) is 2.17. The van der Waals surface area contributed by atoms with Crippen LogP contribution in [-0.4, -0.2) is 60.8 Å². The summed E-state index contributed by atoms with van der Waals surface area (Å²) in [6.45, 7) is 2.33. The van der Waals surface area contributed by atoms with Crippen molar-refractivity contribution in [2.45, 2.75) is 6.04 Å². The number of hydrogen-bond donors (Lipinski definition) is 2. The van der Waals surface area contributed by atoms with E-state index in [2.05, 4.69) is 0 Å². The number of benzene rings is 1. The Kier molecular flexibility index (Phi) is 5.13. The lowest BCUT2D eigenvalue weighted by Crippen LogP contribution is -2.53. The van der Waals surface area contributed by atoms with E-state index in [9.17, 15) is 9.59 Å². The lowest BCUT2D eigenvalue weighted by atomic mass is 10.2. The number of aromatic carboxylic acids is 1. The number of ether oxygens (including phenoxy) is 2. The Labute approximate surface area is 122 Å². The van der Waals surface area contributed by atoms with Crippen molar-refractivity contribution in [3.8, 4) is 5.75 Å². The van der Waals surface area contributed by atoms with Crippen molar-refractivity contribution >= 4 is 11.9 Å². The summed E-state index contributed by atoms with van der Waals surface area (Å²) >= 11 is 0. The molecule has 0 aromatic heterocycles. The molecule has 114 valence electrons.